The quantitative estimate of drug-likeness (QED) is 0.876. The van der Waals surface area contributed by atoms with Crippen LogP contribution in [0.15, 0.2) is 30.3 Å². The Balaban J connectivity index is 1.59. The first-order valence-electron chi connectivity index (χ1n) is 8.44. The van der Waals surface area contributed by atoms with E-state index in [-0.39, 0.29) is 11.9 Å². The maximum Gasteiger partial charge on any atom is 0.224 e. The summed E-state index contributed by atoms with van der Waals surface area (Å²) in [5, 5.41) is 3.38. The molecule has 1 aromatic carbocycles. The van der Waals surface area contributed by atoms with Gasteiger partial charge in [-0.2, -0.15) is 0 Å². The summed E-state index contributed by atoms with van der Waals surface area (Å²) in [5.74, 6) is 0.946. The van der Waals surface area contributed by atoms with E-state index in [1.807, 2.05) is 18.2 Å². The van der Waals surface area contributed by atoms with Crippen LogP contribution in [0.2, 0.25) is 0 Å². The number of hydrogen-bond donors (Lipinski definition) is 1. The summed E-state index contributed by atoms with van der Waals surface area (Å²) in [5.41, 5.74) is 1.21. The van der Waals surface area contributed by atoms with Crippen molar-refractivity contribution in [2.24, 2.45) is 5.92 Å². The summed E-state index contributed by atoms with van der Waals surface area (Å²) in [6.45, 7) is 3.87. The third kappa shape index (κ3) is 4.31. The van der Waals surface area contributed by atoms with Gasteiger partial charge in [-0.1, -0.05) is 36.8 Å². The molecule has 120 valence electrons. The molecule has 22 heavy (non-hydrogen) atoms. The Bertz CT molecular complexity index is 467. The number of rotatable bonds is 6. The van der Waals surface area contributed by atoms with Gasteiger partial charge < -0.3 is 15.0 Å². The van der Waals surface area contributed by atoms with Crippen molar-refractivity contribution in [3.63, 3.8) is 0 Å². The number of carbonyl (C=O) groups is 1. The highest BCUT2D eigenvalue weighted by Gasteiger charge is 2.26. The molecular formula is C18H26N2O2. The van der Waals surface area contributed by atoms with Gasteiger partial charge in [-0.15, -0.1) is 0 Å². The summed E-state index contributed by atoms with van der Waals surface area (Å²) >= 11 is 0. The van der Waals surface area contributed by atoms with Gasteiger partial charge in [0, 0.05) is 32.1 Å². The average molecular weight is 302 g/mol. The lowest BCUT2D eigenvalue weighted by Gasteiger charge is -2.34. The van der Waals surface area contributed by atoms with Crippen LogP contribution in [-0.4, -0.2) is 43.2 Å². The zero-order valence-corrected chi connectivity index (χ0v) is 13.2. The number of hydrogen-bond acceptors (Lipinski definition) is 3. The zero-order chi connectivity index (χ0) is 15.2. The first kappa shape index (κ1) is 15.5. The van der Waals surface area contributed by atoms with E-state index in [0.29, 0.717) is 18.9 Å². The molecule has 0 radical (unpaired) electrons. The van der Waals surface area contributed by atoms with Gasteiger partial charge in [0.05, 0.1) is 13.2 Å². The van der Waals surface area contributed by atoms with Crippen LogP contribution < -0.4 is 5.32 Å². The van der Waals surface area contributed by atoms with Crippen molar-refractivity contribution in [2.75, 3.05) is 26.3 Å². The third-order valence-corrected chi connectivity index (χ3v) is 4.69. The fraction of sp³-hybridized carbons (Fsp3) is 0.611. The molecule has 0 spiro atoms. The van der Waals surface area contributed by atoms with Gasteiger partial charge in [0.15, 0.2) is 0 Å². The van der Waals surface area contributed by atoms with Gasteiger partial charge in [-0.3, -0.25) is 4.79 Å². The van der Waals surface area contributed by atoms with E-state index >= 15 is 0 Å². The van der Waals surface area contributed by atoms with Gasteiger partial charge in [-0.05, 0) is 24.3 Å². The molecular weight excluding hydrogens is 276 g/mol. The molecule has 0 aromatic heterocycles. The molecule has 1 saturated carbocycles. The minimum atomic E-state index is 0.168. The van der Waals surface area contributed by atoms with Gasteiger partial charge >= 0.3 is 0 Å². The Kier molecular flexibility index (Phi) is 5.46. The highest BCUT2D eigenvalue weighted by molar-refractivity contribution is 5.77. The Morgan fingerprint density at radius 2 is 2.09 bits per heavy atom. The number of morpholine rings is 1. The maximum atomic E-state index is 12.7. The lowest BCUT2D eigenvalue weighted by Crippen LogP contribution is -2.46. The van der Waals surface area contributed by atoms with Crippen LogP contribution in [0.4, 0.5) is 0 Å². The minimum Gasteiger partial charge on any atom is -0.378 e. The first-order chi connectivity index (χ1) is 10.8. The second-order valence-corrected chi connectivity index (χ2v) is 6.49. The highest BCUT2D eigenvalue weighted by atomic mass is 16.5. The molecule has 0 bridgehead atoms. The lowest BCUT2D eigenvalue weighted by atomic mass is 9.85. The smallest absolute Gasteiger partial charge is 0.224 e. The van der Waals surface area contributed by atoms with Gasteiger partial charge in [0.1, 0.15) is 0 Å². The predicted octanol–water partition coefficient (Wildman–Crippen LogP) is 2.19. The van der Waals surface area contributed by atoms with Crippen molar-refractivity contribution in [3.8, 4) is 0 Å². The normalized spacial score (nSPS) is 22.1. The van der Waals surface area contributed by atoms with Crippen molar-refractivity contribution in [3.05, 3.63) is 35.9 Å². The van der Waals surface area contributed by atoms with Crippen LogP contribution in [-0.2, 0) is 16.1 Å². The lowest BCUT2D eigenvalue weighted by molar-refractivity contribution is -0.134. The van der Waals surface area contributed by atoms with Crippen molar-refractivity contribution >= 4 is 5.91 Å². The average Bonchev–Trinajstić information content (AvgIpc) is 2.51. The van der Waals surface area contributed by atoms with Crippen molar-refractivity contribution < 1.29 is 9.53 Å². The van der Waals surface area contributed by atoms with Crippen LogP contribution in [0.5, 0.6) is 0 Å². The summed E-state index contributed by atoms with van der Waals surface area (Å²) in [7, 11) is 0. The zero-order valence-electron chi connectivity index (χ0n) is 13.2. The summed E-state index contributed by atoms with van der Waals surface area (Å²) < 4.78 is 5.46. The third-order valence-electron chi connectivity index (χ3n) is 4.69. The highest BCUT2D eigenvalue weighted by Crippen LogP contribution is 2.28. The van der Waals surface area contributed by atoms with Gasteiger partial charge in [0.2, 0.25) is 5.91 Å². The second-order valence-electron chi connectivity index (χ2n) is 6.49. The summed E-state index contributed by atoms with van der Waals surface area (Å²) in [6, 6.07) is 10.5. The van der Waals surface area contributed by atoms with Crippen LogP contribution in [0, 0.1) is 5.92 Å². The molecule has 1 aliphatic carbocycles. The number of amides is 1. The molecule has 4 nitrogen and oxygen atoms in total. The van der Waals surface area contributed by atoms with E-state index in [2.05, 4.69) is 22.3 Å². The Hall–Kier alpha value is -1.39. The van der Waals surface area contributed by atoms with Crippen molar-refractivity contribution in [2.45, 2.75) is 38.3 Å². The first-order valence-corrected chi connectivity index (χ1v) is 8.44. The maximum absolute atomic E-state index is 12.7. The Morgan fingerprint density at radius 1 is 1.27 bits per heavy atom. The van der Waals surface area contributed by atoms with Crippen LogP contribution in [0.3, 0.4) is 0 Å². The number of carbonyl (C=O) groups excluding carboxylic acids is 1. The number of benzene rings is 1. The van der Waals surface area contributed by atoms with Crippen molar-refractivity contribution in [1.29, 1.82) is 0 Å². The molecule has 1 aliphatic heterocycles. The van der Waals surface area contributed by atoms with Crippen LogP contribution in [0.25, 0.3) is 0 Å². The molecule has 1 saturated heterocycles. The molecule has 1 aromatic rings. The second kappa shape index (κ2) is 7.75. The number of ether oxygens (including phenoxy) is 1. The Labute approximate surface area is 132 Å². The van der Waals surface area contributed by atoms with Crippen molar-refractivity contribution in [1.82, 2.24) is 10.2 Å². The van der Waals surface area contributed by atoms with E-state index in [4.69, 9.17) is 4.74 Å². The number of nitrogens with zero attached hydrogens (tertiary/aromatic N) is 1. The molecule has 1 N–H and O–H groups in total. The number of nitrogens with one attached hydrogen (secondary N) is 1. The van der Waals surface area contributed by atoms with Crippen LogP contribution in [0.1, 0.15) is 31.2 Å². The van der Waals surface area contributed by atoms with Gasteiger partial charge in [-0.25, -0.2) is 0 Å². The van der Waals surface area contributed by atoms with E-state index in [0.717, 1.165) is 26.2 Å². The SMILES string of the molecule is O=C(CC1COCCN1)N(Cc1ccccc1)CC1CCC1. The summed E-state index contributed by atoms with van der Waals surface area (Å²) in [6.07, 6.45) is 4.39. The molecule has 1 unspecified atom stereocenters. The molecule has 1 atom stereocenters. The predicted molar refractivity (Wildman–Crippen MR) is 86.4 cm³/mol. The standard InChI is InChI=1S/C18H26N2O2/c21-18(11-17-14-22-10-9-19-17)20(13-16-7-4-8-16)12-15-5-2-1-3-6-15/h1-3,5-6,16-17,19H,4,7-14H2. The largest absolute Gasteiger partial charge is 0.378 e. The van der Waals surface area contributed by atoms with E-state index in [1.165, 1.54) is 24.8 Å². The van der Waals surface area contributed by atoms with E-state index in [9.17, 15) is 4.79 Å². The fourth-order valence-corrected chi connectivity index (χ4v) is 3.14. The molecule has 4 heteroatoms. The van der Waals surface area contributed by atoms with Crippen LogP contribution >= 0.6 is 0 Å². The van der Waals surface area contributed by atoms with Gasteiger partial charge in [0.25, 0.3) is 0 Å². The fourth-order valence-electron chi connectivity index (χ4n) is 3.14. The Morgan fingerprint density at radius 3 is 2.73 bits per heavy atom. The molecule has 1 heterocycles. The minimum absolute atomic E-state index is 0.168. The topological polar surface area (TPSA) is 41.6 Å². The monoisotopic (exact) mass is 302 g/mol. The molecule has 2 aliphatic rings. The van der Waals surface area contributed by atoms with E-state index in [1.54, 1.807) is 0 Å². The molecule has 1 amide bonds. The molecule has 3 rings (SSSR count). The summed E-state index contributed by atoms with van der Waals surface area (Å²) in [4.78, 5) is 14.8. The van der Waals surface area contributed by atoms with E-state index < -0.39 is 0 Å². The molecule has 2 fully saturated rings.